The molecule has 0 fully saturated rings. The van der Waals surface area contributed by atoms with Gasteiger partial charge in [0.2, 0.25) is 5.95 Å². The van der Waals surface area contributed by atoms with Crippen LogP contribution in [-0.2, 0) is 7.05 Å². The van der Waals surface area contributed by atoms with Crippen molar-refractivity contribution in [2.45, 2.75) is 20.8 Å². The van der Waals surface area contributed by atoms with E-state index in [2.05, 4.69) is 28.8 Å². The van der Waals surface area contributed by atoms with Crippen molar-refractivity contribution >= 4 is 28.0 Å². The van der Waals surface area contributed by atoms with Gasteiger partial charge in [-0.2, -0.15) is 0 Å². The number of aryl methyl sites for hydroxylation is 4. The third-order valence-electron chi connectivity index (χ3n) is 3.52. The minimum Gasteiger partial charge on any atom is -0.369 e. The molecular formula is C13H15N5. The first-order chi connectivity index (χ1) is 8.50. The maximum Gasteiger partial charge on any atom is 0.201 e. The summed E-state index contributed by atoms with van der Waals surface area (Å²) < 4.78 is 1.90. The predicted octanol–water partition coefficient (Wildman–Crippen LogP) is 2.02. The summed E-state index contributed by atoms with van der Waals surface area (Å²) >= 11 is 0. The normalized spacial score (nSPS) is 11.6. The summed E-state index contributed by atoms with van der Waals surface area (Å²) in [5, 5.41) is 0. The van der Waals surface area contributed by atoms with Gasteiger partial charge in [-0.25, -0.2) is 9.97 Å². The molecule has 2 heterocycles. The molecular weight excluding hydrogens is 226 g/mol. The monoisotopic (exact) mass is 241 g/mol. The quantitative estimate of drug-likeness (QED) is 0.653. The first-order valence-electron chi connectivity index (χ1n) is 5.85. The van der Waals surface area contributed by atoms with Crippen molar-refractivity contribution in [2.24, 2.45) is 7.05 Å². The molecule has 0 radical (unpaired) electrons. The Morgan fingerprint density at radius 1 is 1.00 bits per heavy atom. The van der Waals surface area contributed by atoms with Gasteiger partial charge in [0.15, 0.2) is 0 Å². The molecule has 0 amide bonds. The van der Waals surface area contributed by atoms with Gasteiger partial charge in [-0.05, 0) is 31.9 Å². The number of rotatable bonds is 0. The van der Waals surface area contributed by atoms with Crippen molar-refractivity contribution < 1.29 is 0 Å². The second-order valence-electron chi connectivity index (χ2n) is 4.68. The highest BCUT2D eigenvalue weighted by atomic mass is 15.1. The molecule has 0 unspecified atom stereocenters. The SMILES string of the molecule is Cc1cnc2c(C)c(C)c3c(nc(N)n3C)c2n1. The third kappa shape index (κ3) is 1.24. The van der Waals surface area contributed by atoms with Crippen LogP contribution in [0, 0.1) is 20.8 Å². The number of imidazole rings is 1. The number of hydrogen-bond donors (Lipinski definition) is 1. The van der Waals surface area contributed by atoms with E-state index in [1.165, 1.54) is 0 Å². The second kappa shape index (κ2) is 3.41. The molecule has 5 nitrogen and oxygen atoms in total. The smallest absolute Gasteiger partial charge is 0.201 e. The standard InChI is InChI=1S/C13H15N5/c1-6-5-15-9-7(2)8(3)12-11(10(9)16-6)17-13(14)18(12)4/h5H,1-4H3,(H2,14,17). The Balaban J connectivity index is 2.68. The molecule has 0 aliphatic heterocycles. The number of nitrogens with zero attached hydrogens (tertiary/aromatic N) is 4. The van der Waals surface area contributed by atoms with E-state index in [4.69, 9.17) is 5.73 Å². The molecule has 92 valence electrons. The van der Waals surface area contributed by atoms with E-state index in [1.807, 2.05) is 18.5 Å². The van der Waals surface area contributed by atoms with Gasteiger partial charge in [-0.15, -0.1) is 0 Å². The molecule has 0 saturated heterocycles. The number of anilines is 1. The summed E-state index contributed by atoms with van der Waals surface area (Å²) in [5.74, 6) is 0.503. The van der Waals surface area contributed by atoms with Crippen LogP contribution in [0.25, 0.3) is 22.1 Å². The van der Waals surface area contributed by atoms with Gasteiger partial charge in [0.25, 0.3) is 0 Å². The number of benzene rings is 1. The average molecular weight is 241 g/mol. The van der Waals surface area contributed by atoms with Crippen molar-refractivity contribution in [1.82, 2.24) is 19.5 Å². The van der Waals surface area contributed by atoms with Crippen molar-refractivity contribution in [3.8, 4) is 0 Å². The fourth-order valence-electron chi connectivity index (χ4n) is 2.38. The highest BCUT2D eigenvalue weighted by Gasteiger charge is 2.16. The topological polar surface area (TPSA) is 69.6 Å². The average Bonchev–Trinajstić information content (AvgIpc) is 2.63. The van der Waals surface area contributed by atoms with Gasteiger partial charge in [0.05, 0.1) is 16.7 Å². The summed E-state index contributed by atoms with van der Waals surface area (Å²) in [7, 11) is 1.92. The van der Waals surface area contributed by atoms with Gasteiger partial charge >= 0.3 is 0 Å². The molecule has 3 aromatic rings. The van der Waals surface area contributed by atoms with Crippen LogP contribution in [0.3, 0.4) is 0 Å². The molecule has 0 spiro atoms. The maximum absolute atomic E-state index is 5.90. The minimum absolute atomic E-state index is 0.503. The molecule has 0 saturated carbocycles. The van der Waals surface area contributed by atoms with Gasteiger partial charge in [-0.1, -0.05) is 0 Å². The molecule has 2 aromatic heterocycles. The zero-order valence-corrected chi connectivity index (χ0v) is 10.9. The molecule has 0 aliphatic rings. The molecule has 2 N–H and O–H groups in total. The van der Waals surface area contributed by atoms with Crippen LogP contribution in [0.5, 0.6) is 0 Å². The Morgan fingerprint density at radius 2 is 1.72 bits per heavy atom. The van der Waals surface area contributed by atoms with E-state index in [0.29, 0.717) is 5.95 Å². The van der Waals surface area contributed by atoms with Crippen molar-refractivity contribution in [3.05, 3.63) is 23.0 Å². The lowest BCUT2D eigenvalue weighted by Gasteiger charge is -2.08. The van der Waals surface area contributed by atoms with Crippen LogP contribution in [0.1, 0.15) is 16.8 Å². The summed E-state index contributed by atoms with van der Waals surface area (Å²) in [6, 6.07) is 0. The summed E-state index contributed by atoms with van der Waals surface area (Å²) in [5.41, 5.74) is 12.7. The Labute approximate surface area is 105 Å². The Hall–Kier alpha value is -2.17. The Kier molecular flexibility index (Phi) is 2.08. The van der Waals surface area contributed by atoms with Crippen molar-refractivity contribution in [2.75, 3.05) is 5.73 Å². The van der Waals surface area contributed by atoms with E-state index in [9.17, 15) is 0 Å². The van der Waals surface area contributed by atoms with Gasteiger partial charge in [0, 0.05) is 13.2 Å². The highest BCUT2D eigenvalue weighted by Crippen LogP contribution is 2.30. The molecule has 0 atom stereocenters. The lowest BCUT2D eigenvalue weighted by molar-refractivity contribution is 0.960. The van der Waals surface area contributed by atoms with Crippen LogP contribution in [0.15, 0.2) is 6.20 Å². The largest absolute Gasteiger partial charge is 0.369 e. The Morgan fingerprint density at radius 3 is 2.44 bits per heavy atom. The zero-order valence-electron chi connectivity index (χ0n) is 10.9. The van der Waals surface area contributed by atoms with Crippen LogP contribution in [-0.4, -0.2) is 19.5 Å². The van der Waals surface area contributed by atoms with E-state index in [-0.39, 0.29) is 0 Å². The highest BCUT2D eigenvalue weighted by molar-refractivity contribution is 6.04. The first kappa shape index (κ1) is 11.0. The van der Waals surface area contributed by atoms with Crippen molar-refractivity contribution in [3.63, 3.8) is 0 Å². The lowest BCUT2D eigenvalue weighted by Crippen LogP contribution is -1.99. The predicted molar refractivity (Wildman–Crippen MR) is 72.4 cm³/mol. The fraction of sp³-hybridized carbons (Fsp3) is 0.308. The van der Waals surface area contributed by atoms with Gasteiger partial charge in [0.1, 0.15) is 11.0 Å². The van der Waals surface area contributed by atoms with Gasteiger partial charge < -0.3 is 10.3 Å². The molecule has 0 bridgehead atoms. The lowest BCUT2D eigenvalue weighted by atomic mass is 10.1. The first-order valence-corrected chi connectivity index (χ1v) is 5.85. The number of nitrogen functional groups attached to an aromatic ring is 1. The Bertz CT molecular complexity index is 785. The van der Waals surface area contributed by atoms with Crippen LogP contribution < -0.4 is 5.73 Å². The van der Waals surface area contributed by atoms with Crippen molar-refractivity contribution in [1.29, 1.82) is 0 Å². The van der Waals surface area contributed by atoms with E-state index < -0.39 is 0 Å². The zero-order chi connectivity index (χ0) is 13.0. The molecule has 3 rings (SSSR count). The summed E-state index contributed by atoms with van der Waals surface area (Å²) in [6.45, 7) is 6.06. The molecule has 5 heteroatoms. The molecule has 18 heavy (non-hydrogen) atoms. The van der Waals surface area contributed by atoms with Crippen LogP contribution >= 0.6 is 0 Å². The van der Waals surface area contributed by atoms with Crippen LogP contribution in [0.4, 0.5) is 5.95 Å². The molecule has 1 aromatic carbocycles. The number of hydrogen-bond acceptors (Lipinski definition) is 4. The number of aromatic nitrogens is 4. The fourth-order valence-corrected chi connectivity index (χ4v) is 2.38. The summed E-state index contributed by atoms with van der Waals surface area (Å²) in [4.78, 5) is 13.5. The van der Waals surface area contributed by atoms with Crippen LogP contribution in [0.2, 0.25) is 0 Å². The van der Waals surface area contributed by atoms with Gasteiger partial charge in [-0.3, -0.25) is 4.98 Å². The van der Waals surface area contributed by atoms with E-state index in [0.717, 1.165) is 38.9 Å². The maximum atomic E-state index is 5.90. The number of nitrogens with two attached hydrogens (primary N) is 1. The van der Waals surface area contributed by atoms with E-state index >= 15 is 0 Å². The molecule has 0 aliphatic carbocycles. The van der Waals surface area contributed by atoms with E-state index in [1.54, 1.807) is 6.20 Å². The minimum atomic E-state index is 0.503. The second-order valence-corrected chi connectivity index (χ2v) is 4.68. The number of fused-ring (bicyclic) bond motifs is 3. The summed E-state index contributed by atoms with van der Waals surface area (Å²) in [6.07, 6.45) is 1.78. The third-order valence-corrected chi connectivity index (χ3v) is 3.52.